The van der Waals surface area contributed by atoms with E-state index in [1.54, 1.807) is 20.2 Å². The fourth-order valence-corrected chi connectivity index (χ4v) is 2.46. The van der Waals surface area contributed by atoms with Crippen LogP contribution in [0.3, 0.4) is 0 Å². The summed E-state index contributed by atoms with van der Waals surface area (Å²) in [5, 5.41) is 0.382. The lowest BCUT2D eigenvalue weighted by atomic mass is 10.1. The molecule has 0 saturated carbocycles. The van der Waals surface area contributed by atoms with Crippen molar-refractivity contribution in [3.63, 3.8) is 0 Å². The minimum Gasteiger partial charge on any atom is -0.439 e. The number of ether oxygens (including phenoxy) is 1. The van der Waals surface area contributed by atoms with Crippen molar-refractivity contribution in [2.75, 3.05) is 7.11 Å². The second-order valence-corrected chi connectivity index (χ2v) is 4.67. The van der Waals surface area contributed by atoms with Crippen molar-refractivity contribution in [2.24, 2.45) is 14.1 Å². The summed E-state index contributed by atoms with van der Waals surface area (Å²) in [5.41, 5.74) is 0.132. The Hall–Kier alpha value is -2.34. The molecule has 0 aliphatic heterocycles. The van der Waals surface area contributed by atoms with E-state index in [1.807, 2.05) is 18.2 Å². The van der Waals surface area contributed by atoms with Gasteiger partial charge in [-0.1, -0.05) is 18.2 Å². The predicted molar refractivity (Wildman–Crippen MR) is 74.6 cm³/mol. The molecule has 20 heavy (non-hydrogen) atoms. The average molecular weight is 274 g/mol. The number of methoxy groups -OCH3 is 1. The molecule has 1 aliphatic carbocycles. The number of allylic oxidation sites excluding steroid dienone is 2. The molecule has 6 heteroatoms. The van der Waals surface area contributed by atoms with Crippen LogP contribution < -0.4 is 11.2 Å². The third-order valence-corrected chi connectivity index (χ3v) is 3.54. The third kappa shape index (κ3) is 1.55. The van der Waals surface area contributed by atoms with Crippen LogP contribution in [0.1, 0.15) is 17.4 Å². The van der Waals surface area contributed by atoms with Crippen molar-refractivity contribution in [1.82, 2.24) is 9.13 Å². The van der Waals surface area contributed by atoms with Gasteiger partial charge in [-0.15, -0.1) is 0 Å². The van der Waals surface area contributed by atoms with Gasteiger partial charge in [-0.25, -0.2) is 4.79 Å². The Labute approximate surface area is 114 Å². The second-order valence-electron chi connectivity index (χ2n) is 4.67. The van der Waals surface area contributed by atoms with Crippen LogP contribution in [-0.2, 0) is 18.8 Å². The van der Waals surface area contributed by atoms with Gasteiger partial charge in [0.05, 0.1) is 0 Å². The van der Waals surface area contributed by atoms with E-state index in [1.165, 1.54) is 11.6 Å². The van der Waals surface area contributed by atoms with Gasteiger partial charge in [0.25, 0.3) is 5.56 Å². The van der Waals surface area contributed by atoms with Crippen molar-refractivity contribution in [1.29, 1.82) is 0 Å². The normalized spacial score (nSPS) is 17.4. The van der Waals surface area contributed by atoms with E-state index < -0.39 is 5.69 Å². The van der Waals surface area contributed by atoms with E-state index in [2.05, 4.69) is 0 Å². The van der Waals surface area contributed by atoms with Gasteiger partial charge in [0.1, 0.15) is 17.3 Å². The third-order valence-electron chi connectivity index (χ3n) is 3.54. The largest absolute Gasteiger partial charge is 0.439 e. The van der Waals surface area contributed by atoms with E-state index in [0.29, 0.717) is 16.7 Å². The molecule has 1 aliphatic rings. The highest BCUT2D eigenvalue weighted by Crippen LogP contribution is 2.33. The van der Waals surface area contributed by atoms with Crippen molar-refractivity contribution in [3.8, 4) is 0 Å². The molecule has 6 nitrogen and oxygen atoms in total. The Morgan fingerprint density at radius 3 is 2.65 bits per heavy atom. The fourth-order valence-electron chi connectivity index (χ4n) is 2.46. The van der Waals surface area contributed by atoms with Gasteiger partial charge < -0.3 is 9.15 Å². The number of rotatable bonds is 1. The zero-order valence-corrected chi connectivity index (χ0v) is 11.4. The number of furan rings is 1. The average Bonchev–Trinajstić information content (AvgIpc) is 2.71. The van der Waals surface area contributed by atoms with Gasteiger partial charge in [-0.2, -0.15) is 0 Å². The molecule has 0 saturated heterocycles. The van der Waals surface area contributed by atoms with Gasteiger partial charge >= 0.3 is 5.69 Å². The zero-order chi connectivity index (χ0) is 14.4. The number of aromatic nitrogens is 2. The first kappa shape index (κ1) is 12.7. The fraction of sp³-hybridized carbons (Fsp3) is 0.286. The minimum atomic E-state index is -0.417. The monoisotopic (exact) mass is 274 g/mol. The van der Waals surface area contributed by atoms with Gasteiger partial charge in [0.15, 0.2) is 0 Å². The summed E-state index contributed by atoms with van der Waals surface area (Å²) < 4.78 is 13.5. The Balaban J connectivity index is 2.54. The first-order chi connectivity index (χ1) is 9.56. The molecule has 0 bridgehead atoms. The molecule has 0 radical (unpaired) electrons. The van der Waals surface area contributed by atoms with Crippen LogP contribution in [0.5, 0.6) is 0 Å². The molecule has 1 unspecified atom stereocenters. The van der Waals surface area contributed by atoms with E-state index in [9.17, 15) is 9.59 Å². The van der Waals surface area contributed by atoms with Gasteiger partial charge in [-0.3, -0.25) is 13.9 Å². The van der Waals surface area contributed by atoms with Crippen LogP contribution in [0.25, 0.3) is 17.2 Å². The number of nitrogens with zero attached hydrogens (tertiary/aromatic N) is 2. The summed E-state index contributed by atoms with van der Waals surface area (Å²) in [6.07, 6.45) is 6.85. The van der Waals surface area contributed by atoms with Crippen molar-refractivity contribution < 1.29 is 9.15 Å². The molecular weight excluding hydrogens is 260 g/mol. The van der Waals surface area contributed by atoms with Gasteiger partial charge in [0.2, 0.25) is 5.71 Å². The molecular formula is C14H14N2O4. The summed E-state index contributed by atoms with van der Waals surface area (Å²) in [6.45, 7) is 0. The topological polar surface area (TPSA) is 66.4 Å². The van der Waals surface area contributed by atoms with Crippen molar-refractivity contribution >= 4 is 17.2 Å². The molecule has 0 spiro atoms. The van der Waals surface area contributed by atoms with E-state index in [-0.39, 0.29) is 17.4 Å². The molecule has 0 aromatic carbocycles. The molecule has 3 rings (SSSR count). The summed E-state index contributed by atoms with van der Waals surface area (Å²) in [4.78, 5) is 24.3. The van der Waals surface area contributed by atoms with E-state index in [0.717, 1.165) is 4.57 Å². The minimum absolute atomic E-state index is 0.269. The molecule has 0 amide bonds. The quantitative estimate of drug-likeness (QED) is 0.781. The predicted octanol–water partition coefficient (Wildman–Crippen LogP) is 1.10. The number of fused-ring (bicyclic) bond motifs is 3. The maximum Gasteiger partial charge on any atom is 0.333 e. The lowest BCUT2D eigenvalue weighted by Gasteiger charge is -2.09. The van der Waals surface area contributed by atoms with Crippen LogP contribution in [0.4, 0.5) is 0 Å². The first-order valence-corrected chi connectivity index (χ1v) is 6.16. The summed E-state index contributed by atoms with van der Waals surface area (Å²) >= 11 is 0. The van der Waals surface area contributed by atoms with Crippen LogP contribution in [-0.4, -0.2) is 16.2 Å². The molecule has 1 atom stereocenters. The van der Waals surface area contributed by atoms with Crippen molar-refractivity contribution in [3.05, 3.63) is 50.4 Å². The Morgan fingerprint density at radius 1 is 1.20 bits per heavy atom. The zero-order valence-electron chi connectivity index (χ0n) is 11.4. The van der Waals surface area contributed by atoms with Crippen LogP contribution in [0.2, 0.25) is 0 Å². The van der Waals surface area contributed by atoms with E-state index >= 15 is 0 Å². The van der Waals surface area contributed by atoms with Crippen LogP contribution >= 0.6 is 0 Å². The molecule has 2 aromatic rings. The Bertz CT molecular complexity index is 864. The standard InChI is InChI=1S/C14H14N2O4/c1-15-12(17)11-10-8(19-3)6-4-5-7-9(10)20-13(11)16(2)14(15)18/h4-8H,1-3H3. The maximum absolute atomic E-state index is 12.4. The highest BCUT2D eigenvalue weighted by molar-refractivity contribution is 5.82. The smallest absolute Gasteiger partial charge is 0.333 e. The molecule has 2 heterocycles. The SMILES string of the molecule is COC1C=CC=Cc2oc3c(c21)c(=O)n(C)c(=O)n3C. The summed E-state index contributed by atoms with van der Waals surface area (Å²) in [6, 6.07) is 0. The molecule has 2 aromatic heterocycles. The van der Waals surface area contributed by atoms with E-state index in [4.69, 9.17) is 9.15 Å². The molecule has 0 N–H and O–H groups in total. The maximum atomic E-state index is 12.4. The second kappa shape index (κ2) is 4.35. The van der Waals surface area contributed by atoms with Crippen LogP contribution in [0, 0.1) is 0 Å². The highest BCUT2D eigenvalue weighted by atomic mass is 16.5. The first-order valence-electron chi connectivity index (χ1n) is 6.16. The lowest BCUT2D eigenvalue weighted by molar-refractivity contribution is 0.143. The molecule has 104 valence electrons. The van der Waals surface area contributed by atoms with Gasteiger partial charge in [-0.05, 0) is 6.08 Å². The Kier molecular flexibility index (Phi) is 2.76. The lowest BCUT2D eigenvalue weighted by Crippen LogP contribution is -2.36. The molecule has 0 fully saturated rings. The summed E-state index contributed by atoms with van der Waals surface area (Å²) in [7, 11) is 4.59. The van der Waals surface area contributed by atoms with Gasteiger partial charge in [0, 0.05) is 26.8 Å². The van der Waals surface area contributed by atoms with Crippen molar-refractivity contribution in [2.45, 2.75) is 6.10 Å². The number of aryl methyl sites for hydroxylation is 1. The summed E-state index contributed by atoms with van der Waals surface area (Å²) in [5.74, 6) is 0.537. The number of hydrogen-bond donors (Lipinski definition) is 0. The highest BCUT2D eigenvalue weighted by Gasteiger charge is 2.25. The van der Waals surface area contributed by atoms with Crippen LogP contribution in [0.15, 0.2) is 32.2 Å². The number of hydrogen-bond acceptors (Lipinski definition) is 4. The Morgan fingerprint density at radius 2 is 1.95 bits per heavy atom.